The Balaban J connectivity index is 2.66. The molecule has 0 spiro atoms. The highest BCUT2D eigenvalue weighted by Crippen LogP contribution is 2.39. The molecule has 0 radical (unpaired) electrons. The molecule has 0 amide bonds. The van der Waals surface area contributed by atoms with Crippen LogP contribution in [0.15, 0.2) is 0 Å². The summed E-state index contributed by atoms with van der Waals surface area (Å²) in [7, 11) is 0. The molecule has 6 nitrogen and oxygen atoms in total. The van der Waals surface area contributed by atoms with E-state index in [1.807, 2.05) is 13.8 Å². The van der Waals surface area contributed by atoms with Gasteiger partial charge in [0.25, 0.3) is 0 Å². The lowest BCUT2D eigenvalue weighted by atomic mass is 9.72. The number of carbonyl (C=O) groups is 4. The van der Waals surface area contributed by atoms with Crippen LogP contribution in [-0.4, -0.2) is 47.0 Å². The van der Waals surface area contributed by atoms with Gasteiger partial charge in [-0.05, 0) is 84.5 Å². The predicted molar refractivity (Wildman–Crippen MR) is 139 cm³/mol. The van der Waals surface area contributed by atoms with Crippen molar-refractivity contribution in [3.05, 3.63) is 0 Å². The van der Waals surface area contributed by atoms with Gasteiger partial charge in [0, 0.05) is 23.1 Å². The second-order valence-electron chi connectivity index (χ2n) is 10.8. The fourth-order valence-electron chi connectivity index (χ4n) is 4.57. The van der Waals surface area contributed by atoms with Crippen LogP contribution in [0.25, 0.3) is 0 Å². The summed E-state index contributed by atoms with van der Waals surface area (Å²) in [5.41, 5.74) is 0. The van der Waals surface area contributed by atoms with E-state index in [0.29, 0.717) is 18.8 Å². The molecule has 0 saturated heterocycles. The van der Waals surface area contributed by atoms with Crippen LogP contribution in [0.2, 0.25) is 0 Å². The average Bonchev–Trinajstić information content (AvgIpc) is 2.75. The summed E-state index contributed by atoms with van der Waals surface area (Å²) in [5.74, 6) is -1.59. The first-order valence-electron chi connectivity index (χ1n) is 12.9. The van der Waals surface area contributed by atoms with Crippen LogP contribution in [0.1, 0.15) is 98.8 Å². The van der Waals surface area contributed by atoms with Crippen LogP contribution in [0.3, 0.4) is 0 Å². The Morgan fingerprint density at radius 2 is 1.46 bits per heavy atom. The van der Waals surface area contributed by atoms with Crippen molar-refractivity contribution >= 4 is 46.7 Å². The number of Topliss-reactive ketones (excluding diaryl/α,β-unsaturated/α-hetero) is 2. The zero-order chi connectivity index (χ0) is 26.6. The fraction of sp³-hybridized carbons (Fsp3) is 0.852. The molecule has 0 aromatic heterocycles. The lowest BCUT2D eigenvalue weighted by Gasteiger charge is -2.34. The molecule has 0 aromatic carbocycles. The number of hydrogen-bond acceptors (Lipinski definition) is 6. The van der Waals surface area contributed by atoms with E-state index in [1.54, 1.807) is 0 Å². The van der Waals surface area contributed by atoms with Gasteiger partial charge in [-0.15, -0.1) is 23.2 Å². The maximum Gasteiger partial charge on any atom is 0.309 e. The molecular weight excluding hydrogens is 491 g/mol. The van der Waals surface area contributed by atoms with Crippen LogP contribution in [0, 0.1) is 23.7 Å². The highest BCUT2D eigenvalue weighted by atomic mass is 35.5. The minimum Gasteiger partial charge on any atom is -0.465 e. The van der Waals surface area contributed by atoms with Gasteiger partial charge in [-0.25, -0.2) is 0 Å². The van der Waals surface area contributed by atoms with Crippen molar-refractivity contribution in [1.82, 2.24) is 0 Å². The molecule has 35 heavy (non-hydrogen) atoms. The molecule has 0 aliphatic heterocycles. The molecular formula is C27H44Cl2O6. The van der Waals surface area contributed by atoms with Gasteiger partial charge < -0.3 is 9.47 Å². The number of alkyl halides is 2. The molecule has 1 aliphatic rings. The number of ether oxygens (including phenoxy) is 2. The summed E-state index contributed by atoms with van der Waals surface area (Å²) in [6, 6.07) is 0. The van der Waals surface area contributed by atoms with E-state index >= 15 is 0 Å². The normalized spacial score (nSPS) is 22.2. The van der Waals surface area contributed by atoms with E-state index in [4.69, 9.17) is 32.7 Å². The Hall–Kier alpha value is -1.14. The van der Waals surface area contributed by atoms with E-state index < -0.39 is 23.8 Å². The summed E-state index contributed by atoms with van der Waals surface area (Å²) in [4.78, 5) is 47.7. The van der Waals surface area contributed by atoms with Crippen molar-refractivity contribution in [2.75, 3.05) is 13.2 Å². The van der Waals surface area contributed by atoms with E-state index in [9.17, 15) is 19.2 Å². The van der Waals surface area contributed by atoms with Crippen molar-refractivity contribution in [2.45, 2.75) is 109 Å². The van der Waals surface area contributed by atoms with Gasteiger partial charge in [0.05, 0.1) is 25.0 Å². The van der Waals surface area contributed by atoms with Crippen LogP contribution in [-0.2, 0) is 28.7 Å². The second-order valence-corrected chi connectivity index (χ2v) is 12.4. The molecule has 0 aromatic rings. The SMILES string of the molecule is CC(=O)CCOC(=O)C1CCC(CCC(Cl)C(C)CCCC(C)(C)Cl)CC1C(=O)OCCC(C)=O. The first-order chi connectivity index (χ1) is 16.3. The minimum absolute atomic E-state index is 0.0157. The first-order valence-corrected chi connectivity index (χ1v) is 13.8. The minimum atomic E-state index is -0.609. The van der Waals surface area contributed by atoms with Crippen molar-refractivity contribution in [1.29, 1.82) is 0 Å². The molecule has 5 unspecified atom stereocenters. The highest BCUT2D eigenvalue weighted by molar-refractivity contribution is 6.23. The Bertz CT molecular complexity index is 702. The highest BCUT2D eigenvalue weighted by Gasteiger charge is 2.41. The quantitative estimate of drug-likeness (QED) is 0.171. The third-order valence-corrected chi connectivity index (χ3v) is 7.70. The Labute approximate surface area is 221 Å². The zero-order valence-electron chi connectivity index (χ0n) is 22.1. The van der Waals surface area contributed by atoms with Gasteiger partial charge in [0.2, 0.25) is 0 Å². The number of ketones is 2. The third kappa shape index (κ3) is 13.7. The molecule has 0 N–H and O–H groups in total. The molecule has 0 heterocycles. The van der Waals surface area contributed by atoms with Crippen LogP contribution in [0.5, 0.6) is 0 Å². The summed E-state index contributed by atoms with van der Waals surface area (Å²) in [6.07, 6.45) is 6.91. The van der Waals surface area contributed by atoms with Crippen molar-refractivity contribution in [3.63, 3.8) is 0 Å². The van der Waals surface area contributed by atoms with Crippen molar-refractivity contribution in [2.24, 2.45) is 23.7 Å². The lowest BCUT2D eigenvalue weighted by Crippen LogP contribution is -2.38. The number of hydrogen-bond donors (Lipinski definition) is 0. The Kier molecular flexibility index (Phi) is 14.5. The van der Waals surface area contributed by atoms with Crippen LogP contribution in [0.4, 0.5) is 0 Å². The summed E-state index contributed by atoms with van der Waals surface area (Å²) in [5, 5.41) is 0.0451. The van der Waals surface area contributed by atoms with E-state index in [0.717, 1.165) is 38.5 Å². The maximum absolute atomic E-state index is 12.8. The summed E-state index contributed by atoms with van der Waals surface area (Å²) >= 11 is 13.0. The van der Waals surface area contributed by atoms with Gasteiger partial charge in [-0.1, -0.05) is 13.3 Å². The van der Waals surface area contributed by atoms with Crippen LogP contribution >= 0.6 is 23.2 Å². The van der Waals surface area contributed by atoms with Gasteiger partial charge in [-0.3, -0.25) is 19.2 Å². The van der Waals surface area contributed by atoms with Gasteiger partial charge in [0.1, 0.15) is 11.6 Å². The predicted octanol–water partition coefficient (Wildman–Crippen LogP) is 6.27. The van der Waals surface area contributed by atoms with Crippen molar-refractivity contribution in [3.8, 4) is 0 Å². The number of carbonyl (C=O) groups excluding carboxylic acids is 4. The molecule has 1 rings (SSSR count). The molecule has 0 bridgehead atoms. The smallest absolute Gasteiger partial charge is 0.309 e. The monoisotopic (exact) mass is 534 g/mol. The molecule has 1 aliphatic carbocycles. The number of halogens is 2. The van der Waals surface area contributed by atoms with Gasteiger partial charge in [0.15, 0.2) is 0 Å². The number of rotatable bonds is 16. The average molecular weight is 536 g/mol. The fourth-order valence-corrected chi connectivity index (χ4v) is 4.96. The largest absolute Gasteiger partial charge is 0.465 e. The molecule has 1 saturated carbocycles. The summed E-state index contributed by atoms with van der Waals surface area (Å²) in [6.45, 7) is 9.14. The molecule has 1 fully saturated rings. The van der Waals surface area contributed by atoms with E-state index in [1.165, 1.54) is 13.8 Å². The third-order valence-electron chi connectivity index (χ3n) is 6.86. The lowest BCUT2D eigenvalue weighted by molar-refractivity contribution is -0.164. The van der Waals surface area contributed by atoms with Crippen LogP contribution < -0.4 is 0 Å². The van der Waals surface area contributed by atoms with Gasteiger partial charge in [-0.2, -0.15) is 0 Å². The van der Waals surface area contributed by atoms with Crippen molar-refractivity contribution < 1.29 is 28.7 Å². The summed E-state index contributed by atoms with van der Waals surface area (Å²) < 4.78 is 10.6. The zero-order valence-corrected chi connectivity index (χ0v) is 23.6. The van der Waals surface area contributed by atoms with E-state index in [2.05, 4.69) is 6.92 Å². The maximum atomic E-state index is 12.8. The van der Waals surface area contributed by atoms with Gasteiger partial charge >= 0.3 is 11.9 Å². The van der Waals surface area contributed by atoms with E-state index in [-0.39, 0.29) is 53.8 Å². The molecule has 8 heteroatoms. The molecule has 5 atom stereocenters. The molecule has 202 valence electrons. The number of esters is 2. The second kappa shape index (κ2) is 15.9. The topological polar surface area (TPSA) is 86.7 Å². The first kappa shape index (κ1) is 31.9. The standard InChI is InChI=1S/C27H44Cl2O6/c1-18(7-6-14-27(4,5)29)24(28)11-9-21-8-10-22(25(32)34-15-12-19(2)30)23(17-21)26(33)35-16-13-20(3)31/h18,21-24H,6-17H2,1-5H3. The Morgan fingerprint density at radius 1 is 0.914 bits per heavy atom. The Morgan fingerprint density at radius 3 is 1.97 bits per heavy atom.